The van der Waals surface area contributed by atoms with Gasteiger partial charge in [0.2, 0.25) is 5.91 Å². The summed E-state index contributed by atoms with van der Waals surface area (Å²) in [6.07, 6.45) is 3.28. The SMILES string of the molecule is Cc1c(COc2cc(OCc3cncc(C#N)c3)c(CNC[C@H](O)CO)cc2Cl)cccc1-c1cccc(OCCCN(C)CCC(N)=O)c1Cl. The van der Waals surface area contributed by atoms with E-state index in [0.717, 1.165) is 35.2 Å². The molecule has 0 aliphatic heterocycles. The molecule has 13 heteroatoms. The summed E-state index contributed by atoms with van der Waals surface area (Å²) in [7, 11) is 1.94. The van der Waals surface area contributed by atoms with E-state index < -0.39 is 6.10 Å². The van der Waals surface area contributed by atoms with Crippen LogP contribution in [0.1, 0.15) is 40.7 Å². The molecule has 4 rings (SSSR count). The molecule has 0 unspecified atom stereocenters. The number of hydrogen-bond acceptors (Lipinski definition) is 10. The summed E-state index contributed by atoms with van der Waals surface area (Å²) in [6.45, 7) is 4.31. The van der Waals surface area contributed by atoms with Crippen molar-refractivity contribution in [2.75, 3.05) is 39.9 Å². The summed E-state index contributed by atoms with van der Waals surface area (Å²) >= 11 is 13.6. The molecule has 1 heterocycles. The summed E-state index contributed by atoms with van der Waals surface area (Å²) < 4.78 is 18.5. The predicted molar refractivity (Wildman–Crippen MR) is 197 cm³/mol. The number of amides is 1. The van der Waals surface area contributed by atoms with Gasteiger partial charge in [-0.3, -0.25) is 9.78 Å². The Hall–Kier alpha value is -4.41. The molecule has 4 aromatic rings. The number of aliphatic hydroxyl groups excluding tert-OH is 2. The van der Waals surface area contributed by atoms with Crippen molar-refractivity contribution in [1.29, 1.82) is 5.26 Å². The summed E-state index contributed by atoms with van der Waals surface area (Å²) in [6, 6.07) is 18.9. The van der Waals surface area contributed by atoms with Gasteiger partial charge in [0.1, 0.15) is 36.5 Å². The molecule has 0 fully saturated rings. The van der Waals surface area contributed by atoms with E-state index in [1.807, 2.05) is 55.3 Å². The monoisotopic (exact) mass is 735 g/mol. The highest BCUT2D eigenvalue weighted by molar-refractivity contribution is 6.35. The number of aromatic nitrogens is 1. The number of hydrogen-bond donors (Lipinski definition) is 4. The highest BCUT2D eigenvalue weighted by atomic mass is 35.5. The zero-order chi connectivity index (χ0) is 36.8. The van der Waals surface area contributed by atoms with Crippen molar-refractivity contribution in [2.24, 2.45) is 5.73 Å². The van der Waals surface area contributed by atoms with Crippen LogP contribution < -0.4 is 25.3 Å². The van der Waals surface area contributed by atoms with E-state index in [1.54, 1.807) is 24.4 Å². The second-order valence-electron chi connectivity index (χ2n) is 12.1. The van der Waals surface area contributed by atoms with Crippen LogP contribution in [0.15, 0.2) is 67.0 Å². The van der Waals surface area contributed by atoms with Gasteiger partial charge >= 0.3 is 0 Å². The number of nitriles is 1. The average molecular weight is 737 g/mol. The van der Waals surface area contributed by atoms with Gasteiger partial charge in [0, 0.05) is 67.8 Å². The average Bonchev–Trinajstić information content (AvgIpc) is 3.12. The van der Waals surface area contributed by atoms with Crippen molar-refractivity contribution < 1.29 is 29.2 Å². The lowest BCUT2D eigenvalue weighted by atomic mass is 9.96. The van der Waals surface area contributed by atoms with Crippen LogP contribution in [0.25, 0.3) is 11.1 Å². The number of carbonyl (C=O) groups excluding carboxylic acids is 1. The van der Waals surface area contributed by atoms with Gasteiger partial charge in [-0.15, -0.1) is 0 Å². The Balaban J connectivity index is 1.48. The molecule has 1 aromatic heterocycles. The third-order valence-corrected chi connectivity index (χ3v) is 8.79. The van der Waals surface area contributed by atoms with E-state index in [0.29, 0.717) is 70.1 Å². The van der Waals surface area contributed by atoms with E-state index in [9.17, 15) is 20.3 Å². The van der Waals surface area contributed by atoms with Gasteiger partial charge in [-0.2, -0.15) is 5.26 Å². The quantitative estimate of drug-likeness (QED) is 0.0863. The summed E-state index contributed by atoms with van der Waals surface area (Å²) in [5.41, 5.74) is 10.8. The Labute approximate surface area is 308 Å². The number of ether oxygens (including phenoxy) is 3. The van der Waals surface area contributed by atoms with Gasteiger partial charge in [0.15, 0.2) is 0 Å². The van der Waals surface area contributed by atoms with Crippen molar-refractivity contribution in [2.45, 2.75) is 45.6 Å². The van der Waals surface area contributed by atoms with E-state index in [4.69, 9.17) is 43.1 Å². The Morgan fingerprint density at radius 1 is 1.00 bits per heavy atom. The molecule has 1 atom stereocenters. The van der Waals surface area contributed by atoms with E-state index in [1.165, 1.54) is 6.20 Å². The molecule has 11 nitrogen and oxygen atoms in total. The first kappa shape index (κ1) is 39.4. The number of nitrogens with zero attached hydrogens (tertiary/aromatic N) is 3. The lowest BCUT2D eigenvalue weighted by Gasteiger charge is -2.18. The van der Waals surface area contributed by atoms with Gasteiger partial charge in [-0.1, -0.05) is 53.5 Å². The molecule has 0 spiro atoms. The number of carbonyl (C=O) groups is 1. The van der Waals surface area contributed by atoms with Crippen LogP contribution in [0.3, 0.4) is 0 Å². The highest BCUT2D eigenvalue weighted by Gasteiger charge is 2.16. The standard InChI is InChI=1S/C38H43Cl2N5O6/c1-25-28(6-3-7-31(25)32-8-4-9-34(38(32)40)49-13-5-11-45(2)12-10-37(42)48)24-51-36-16-35(50-23-27-14-26(17-41)18-43-19-27)29(15-33(36)39)20-44-21-30(47)22-46/h3-4,6-9,14-16,18-19,30,44,46-47H,5,10-13,20-24H2,1-2H3,(H2,42,48)/t30-/m0/s1. The Morgan fingerprint density at radius 3 is 2.53 bits per heavy atom. The highest BCUT2D eigenvalue weighted by Crippen LogP contribution is 2.38. The second-order valence-corrected chi connectivity index (χ2v) is 12.8. The molecular weight excluding hydrogens is 693 g/mol. The van der Waals surface area contributed by atoms with Crippen molar-refractivity contribution in [3.05, 3.63) is 105 Å². The fourth-order valence-electron chi connectivity index (χ4n) is 5.23. The van der Waals surface area contributed by atoms with Crippen LogP contribution >= 0.6 is 23.2 Å². The molecule has 1 amide bonds. The molecule has 3 aromatic carbocycles. The maximum Gasteiger partial charge on any atom is 0.218 e. The largest absolute Gasteiger partial charge is 0.492 e. The van der Waals surface area contributed by atoms with Crippen molar-refractivity contribution >= 4 is 29.1 Å². The number of halogens is 2. The summed E-state index contributed by atoms with van der Waals surface area (Å²) in [5, 5.41) is 32.2. The van der Waals surface area contributed by atoms with Crippen LogP contribution in [0.5, 0.6) is 17.2 Å². The minimum atomic E-state index is -0.907. The number of nitrogens with one attached hydrogen (secondary N) is 1. The number of primary amides is 1. The van der Waals surface area contributed by atoms with Crippen LogP contribution in [-0.2, 0) is 24.6 Å². The van der Waals surface area contributed by atoms with Gasteiger partial charge in [0.25, 0.3) is 0 Å². The molecule has 5 N–H and O–H groups in total. The van der Waals surface area contributed by atoms with Gasteiger partial charge < -0.3 is 40.4 Å². The molecule has 0 saturated heterocycles. The lowest BCUT2D eigenvalue weighted by molar-refractivity contribution is -0.118. The fourth-order valence-corrected chi connectivity index (χ4v) is 5.76. The minimum Gasteiger partial charge on any atom is -0.492 e. The smallest absolute Gasteiger partial charge is 0.218 e. The predicted octanol–water partition coefficient (Wildman–Crippen LogP) is 5.41. The van der Waals surface area contributed by atoms with Crippen molar-refractivity contribution in [3.8, 4) is 34.4 Å². The van der Waals surface area contributed by atoms with Crippen LogP contribution in [0.2, 0.25) is 10.0 Å². The minimum absolute atomic E-state index is 0.147. The van der Waals surface area contributed by atoms with Gasteiger partial charge in [-0.25, -0.2) is 0 Å². The number of aliphatic hydroxyl groups is 2. The number of benzene rings is 3. The Kier molecular flexibility index (Phi) is 15.3. The molecule has 0 bridgehead atoms. The first-order chi connectivity index (χ1) is 24.6. The molecule has 0 aliphatic carbocycles. The van der Waals surface area contributed by atoms with E-state index in [2.05, 4.69) is 16.4 Å². The maximum absolute atomic E-state index is 11.0. The Morgan fingerprint density at radius 2 is 1.76 bits per heavy atom. The lowest BCUT2D eigenvalue weighted by Crippen LogP contribution is -2.29. The molecule has 270 valence electrons. The van der Waals surface area contributed by atoms with Crippen LogP contribution in [0.4, 0.5) is 0 Å². The summed E-state index contributed by atoms with van der Waals surface area (Å²) in [4.78, 5) is 17.2. The number of pyridine rings is 1. The van der Waals surface area contributed by atoms with E-state index >= 15 is 0 Å². The molecule has 0 saturated carbocycles. The topological polar surface area (TPSA) is 163 Å². The van der Waals surface area contributed by atoms with Crippen LogP contribution in [0, 0.1) is 18.3 Å². The first-order valence-electron chi connectivity index (χ1n) is 16.5. The molecule has 51 heavy (non-hydrogen) atoms. The van der Waals surface area contributed by atoms with Gasteiger partial charge in [0.05, 0.1) is 34.9 Å². The van der Waals surface area contributed by atoms with Crippen molar-refractivity contribution in [3.63, 3.8) is 0 Å². The number of rotatable bonds is 20. The van der Waals surface area contributed by atoms with Crippen LogP contribution in [-0.4, -0.2) is 72.0 Å². The zero-order valence-electron chi connectivity index (χ0n) is 28.7. The fraction of sp³-hybridized carbons (Fsp3) is 0.342. The van der Waals surface area contributed by atoms with Crippen molar-refractivity contribution in [1.82, 2.24) is 15.2 Å². The zero-order valence-corrected chi connectivity index (χ0v) is 30.2. The number of nitrogens with two attached hydrogens (primary N) is 1. The molecule has 0 radical (unpaired) electrons. The van der Waals surface area contributed by atoms with Gasteiger partial charge in [-0.05, 0) is 55.3 Å². The molecule has 0 aliphatic rings. The first-order valence-corrected chi connectivity index (χ1v) is 17.2. The molecular formula is C38H43Cl2N5O6. The third kappa shape index (κ3) is 11.8. The maximum atomic E-state index is 11.0. The third-order valence-electron chi connectivity index (χ3n) is 8.10. The van der Waals surface area contributed by atoms with E-state index in [-0.39, 0.29) is 32.3 Å². The normalized spacial score (nSPS) is 11.6. The second kappa shape index (κ2) is 19.8. The Bertz CT molecular complexity index is 1820. The summed E-state index contributed by atoms with van der Waals surface area (Å²) in [5.74, 6) is 1.17.